The van der Waals surface area contributed by atoms with Crippen LogP contribution in [0.4, 0.5) is 0 Å². The minimum atomic E-state index is -0.427. The van der Waals surface area contributed by atoms with Crippen LogP contribution in [-0.4, -0.2) is 51.8 Å². The van der Waals surface area contributed by atoms with Gasteiger partial charge in [-0.25, -0.2) is 0 Å². The van der Waals surface area contributed by atoms with Gasteiger partial charge in [0.2, 0.25) is 0 Å². The van der Waals surface area contributed by atoms with Gasteiger partial charge in [0.05, 0.1) is 9.79 Å². The SMILES string of the molecule is C1CCOC1.CC(C)(c1ccccc1)c1cc(SC2CCCCC2Sc2cc(C(C)(C)c3ccccc3)cc(C(C)(C)c3ccccc3)c2O)c(O)c(C(C)(C)c2ccccc2)c1.C[Si](C)[N-][Si](C)C.[Y]. The molecule has 1 aliphatic heterocycles. The summed E-state index contributed by atoms with van der Waals surface area (Å²) in [6.45, 7) is 29.0. The van der Waals surface area contributed by atoms with Crippen molar-refractivity contribution in [3.8, 4) is 11.5 Å². The van der Waals surface area contributed by atoms with Gasteiger partial charge in [-0.2, -0.15) is 0 Å². The van der Waals surface area contributed by atoms with Crippen LogP contribution in [0.2, 0.25) is 26.2 Å². The minimum Gasteiger partial charge on any atom is -0.673 e. The molecule has 6 aromatic rings. The fraction of sp³-hybridized carbons (Fsp3) is 0.419. The Kier molecular flexibility index (Phi) is 22.0. The number of benzene rings is 6. The molecular formula is C62H80NO3S2Si2Y-. The van der Waals surface area contributed by atoms with E-state index in [0.717, 1.165) is 59.8 Å². The van der Waals surface area contributed by atoms with Crippen molar-refractivity contribution in [1.82, 2.24) is 0 Å². The van der Waals surface area contributed by atoms with Crippen molar-refractivity contribution in [1.29, 1.82) is 0 Å². The number of rotatable bonds is 14. The van der Waals surface area contributed by atoms with Crippen LogP contribution in [0.15, 0.2) is 155 Å². The summed E-state index contributed by atoms with van der Waals surface area (Å²) in [5, 5.41) is 25.3. The van der Waals surface area contributed by atoms with Gasteiger partial charge in [0.15, 0.2) is 0 Å². The maximum atomic E-state index is 12.4. The molecule has 1 saturated heterocycles. The van der Waals surface area contributed by atoms with Crippen LogP contribution in [0, 0.1) is 0 Å². The third-order valence-electron chi connectivity index (χ3n) is 14.4. The summed E-state index contributed by atoms with van der Waals surface area (Å²) in [6.07, 6.45) is 6.94. The zero-order chi connectivity index (χ0) is 50.7. The van der Waals surface area contributed by atoms with Crippen molar-refractivity contribution in [2.24, 2.45) is 0 Å². The van der Waals surface area contributed by atoms with Gasteiger partial charge in [-0.15, -0.1) is 23.5 Å². The van der Waals surface area contributed by atoms with Gasteiger partial charge in [0.25, 0.3) is 0 Å². The van der Waals surface area contributed by atoms with E-state index in [1.54, 1.807) is 0 Å². The zero-order valence-corrected chi connectivity index (χ0v) is 51.3. The van der Waals surface area contributed by atoms with Gasteiger partial charge >= 0.3 is 0 Å². The van der Waals surface area contributed by atoms with E-state index in [9.17, 15) is 10.2 Å². The van der Waals surface area contributed by atoms with Crippen LogP contribution >= 0.6 is 23.5 Å². The average molecular weight is 1100 g/mol. The first-order chi connectivity index (χ1) is 33.2. The molecular weight excluding hydrogens is 1020 g/mol. The van der Waals surface area contributed by atoms with Crippen LogP contribution in [0.5, 0.6) is 11.5 Å². The summed E-state index contributed by atoms with van der Waals surface area (Å²) in [7, 11) is -0.528. The molecule has 2 aliphatic rings. The molecule has 2 fully saturated rings. The number of nitrogens with zero attached hydrogens (tertiary/aromatic N) is 1. The van der Waals surface area contributed by atoms with Crippen molar-refractivity contribution >= 4 is 41.4 Å². The number of hydrogen-bond donors (Lipinski definition) is 2. The molecule has 375 valence electrons. The van der Waals surface area contributed by atoms with E-state index in [2.05, 4.69) is 232 Å². The van der Waals surface area contributed by atoms with E-state index in [4.69, 9.17) is 4.74 Å². The maximum Gasteiger partial charge on any atom is 0.133 e. The summed E-state index contributed by atoms with van der Waals surface area (Å²) in [4.78, 5) is 1.87. The molecule has 8 rings (SSSR count). The van der Waals surface area contributed by atoms with E-state index in [1.807, 2.05) is 23.5 Å². The van der Waals surface area contributed by atoms with Crippen molar-refractivity contribution in [3.05, 3.63) is 195 Å². The fourth-order valence-electron chi connectivity index (χ4n) is 9.75. The predicted molar refractivity (Wildman–Crippen MR) is 307 cm³/mol. The molecule has 1 saturated carbocycles. The molecule has 6 aromatic carbocycles. The molecule has 3 radical (unpaired) electrons. The van der Waals surface area contributed by atoms with E-state index < -0.39 is 10.8 Å². The van der Waals surface area contributed by atoms with Gasteiger partial charge < -0.3 is 19.6 Å². The van der Waals surface area contributed by atoms with Gasteiger partial charge in [-0.05, 0) is 71.2 Å². The Bertz CT molecular complexity index is 2370. The molecule has 71 heavy (non-hydrogen) atoms. The molecule has 1 heterocycles. The molecule has 0 bridgehead atoms. The molecule has 0 spiro atoms. The second-order valence-electron chi connectivity index (χ2n) is 21.6. The molecule has 1 aliphatic carbocycles. The third-order valence-corrected chi connectivity index (χ3v) is 21.0. The Labute approximate surface area is 466 Å². The molecule has 0 amide bonds. The largest absolute Gasteiger partial charge is 0.673 e. The van der Waals surface area contributed by atoms with Crippen LogP contribution in [0.3, 0.4) is 0 Å². The average Bonchev–Trinajstić information content (AvgIpc) is 3.95. The quantitative estimate of drug-likeness (QED) is 0.106. The summed E-state index contributed by atoms with van der Waals surface area (Å²) >= 11 is 3.67. The van der Waals surface area contributed by atoms with Gasteiger partial charge in [0, 0.05) is 89.2 Å². The van der Waals surface area contributed by atoms with E-state index in [1.165, 1.54) is 46.2 Å². The number of aromatic hydroxyl groups is 2. The summed E-state index contributed by atoms with van der Waals surface area (Å²) in [5.74, 6) is 0.754. The molecule has 0 aromatic heterocycles. The van der Waals surface area contributed by atoms with Crippen LogP contribution in [0.25, 0.3) is 4.65 Å². The number of phenols is 2. The Morgan fingerprint density at radius 2 is 0.732 bits per heavy atom. The van der Waals surface area contributed by atoms with Crippen LogP contribution < -0.4 is 0 Å². The van der Waals surface area contributed by atoms with Gasteiger partial charge in [-0.1, -0.05) is 246 Å². The molecule has 9 heteroatoms. The normalized spacial score (nSPS) is 16.4. The van der Waals surface area contributed by atoms with Gasteiger partial charge in [0.1, 0.15) is 11.5 Å². The second-order valence-corrected chi connectivity index (χ2v) is 28.9. The van der Waals surface area contributed by atoms with Crippen molar-refractivity contribution in [2.45, 2.75) is 162 Å². The predicted octanol–water partition coefficient (Wildman–Crippen LogP) is 17.3. The van der Waals surface area contributed by atoms with E-state index in [0.29, 0.717) is 11.5 Å². The Morgan fingerprint density at radius 3 is 0.986 bits per heavy atom. The first-order valence-corrected chi connectivity index (χ1v) is 32.1. The summed E-state index contributed by atoms with van der Waals surface area (Å²) in [5.41, 5.74) is 7.69. The zero-order valence-electron chi connectivity index (χ0n) is 44.8. The number of phenolic OH excluding ortho intramolecular Hbond substituents is 2. The van der Waals surface area contributed by atoms with E-state index in [-0.39, 0.29) is 72.0 Å². The Morgan fingerprint density at radius 1 is 0.437 bits per heavy atom. The Hall–Kier alpha value is -2.92. The standard InChI is InChI=1S/C54H60O2S2.C4H12NSi2.C4H8O.Y/c1-51(2,37-23-13-9-14-24-37)41-33-43(53(5,6)39-27-17-11-18-28-39)49(55)47(35-41)57-45-31-21-22-32-46(45)58-48-36-42(52(3,4)38-25-15-10-16-26-38)34-44(50(48)56)54(7,8)40-29-19-12-20-30-40;1-6(2)5-7(3)4;1-2-4-5-3-1;/h9-20,23-30,33-36,45-46,55-56H,21-22,31-32H2,1-8H3;1-4H3;1-4H2;/q;-1;;. The monoisotopic (exact) mass is 1100 g/mol. The van der Waals surface area contributed by atoms with Crippen molar-refractivity contribution in [2.75, 3.05) is 13.2 Å². The topological polar surface area (TPSA) is 63.8 Å². The summed E-state index contributed by atoms with van der Waals surface area (Å²) < 4.78 is 9.43. The number of thioether (sulfide) groups is 2. The molecule has 2 N–H and O–H groups in total. The first-order valence-electron chi connectivity index (χ1n) is 25.5. The van der Waals surface area contributed by atoms with E-state index >= 15 is 0 Å². The molecule has 4 nitrogen and oxygen atoms in total. The second kappa shape index (κ2) is 26.5. The number of ether oxygens (including phenoxy) is 1. The maximum absolute atomic E-state index is 12.4. The van der Waals surface area contributed by atoms with Crippen LogP contribution in [0.1, 0.15) is 138 Å². The molecule has 2 unspecified atom stereocenters. The first kappa shape index (κ1) is 59.0. The van der Waals surface area contributed by atoms with Gasteiger partial charge in [-0.3, -0.25) is 0 Å². The minimum absolute atomic E-state index is 0. The smallest absolute Gasteiger partial charge is 0.133 e. The third kappa shape index (κ3) is 15.1. The molecule has 2 atom stereocenters. The van der Waals surface area contributed by atoms with Crippen molar-refractivity contribution in [3.63, 3.8) is 0 Å². The fourth-order valence-corrected chi connectivity index (χ4v) is 16.3. The summed E-state index contributed by atoms with van der Waals surface area (Å²) in [6, 6.07) is 51.6. The Balaban J connectivity index is 0.000000637. The van der Waals surface area contributed by atoms with Crippen molar-refractivity contribution < 1.29 is 47.7 Å². The van der Waals surface area contributed by atoms with Crippen LogP contribution in [-0.2, 0) is 59.1 Å². The number of hydrogen-bond acceptors (Lipinski definition) is 5.